The fourth-order valence-corrected chi connectivity index (χ4v) is 3.93. The van der Waals surface area contributed by atoms with E-state index in [1.807, 2.05) is 0 Å². The summed E-state index contributed by atoms with van der Waals surface area (Å²) in [6.45, 7) is 6.15. The zero-order chi connectivity index (χ0) is 12.5. The first kappa shape index (κ1) is 12.9. The molecule has 98 valence electrons. The van der Waals surface area contributed by atoms with E-state index in [4.69, 9.17) is 0 Å². The van der Waals surface area contributed by atoms with Gasteiger partial charge in [-0.3, -0.25) is 4.79 Å². The molecule has 3 heteroatoms. The van der Waals surface area contributed by atoms with Crippen LogP contribution in [-0.2, 0) is 4.79 Å². The van der Waals surface area contributed by atoms with Crippen LogP contribution in [0.4, 0.5) is 0 Å². The molecule has 0 bridgehead atoms. The Hall–Kier alpha value is -0.570. The third kappa shape index (κ3) is 3.21. The highest BCUT2D eigenvalue weighted by molar-refractivity contribution is 5.73. The van der Waals surface area contributed by atoms with Crippen molar-refractivity contribution in [2.75, 3.05) is 0 Å². The van der Waals surface area contributed by atoms with Gasteiger partial charge in [0.25, 0.3) is 0 Å². The van der Waals surface area contributed by atoms with Crippen molar-refractivity contribution in [1.29, 1.82) is 0 Å². The van der Waals surface area contributed by atoms with Gasteiger partial charge >= 0.3 is 0 Å². The van der Waals surface area contributed by atoms with Gasteiger partial charge in [-0.2, -0.15) is 0 Å². The predicted octanol–water partition coefficient (Wildman–Crippen LogP) is 2.36. The second-order valence-corrected chi connectivity index (χ2v) is 6.66. The predicted molar refractivity (Wildman–Crippen MR) is 69.9 cm³/mol. The Morgan fingerprint density at radius 1 is 1.18 bits per heavy atom. The molecule has 1 amide bonds. The summed E-state index contributed by atoms with van der Waals surface area (Å²) < 4.78 is 0. The van der Waals surface area contributed by atoms with Crippen LogP contribution in [0.25, 0.3) is 0 Å². The van der Waals surface area contributed by atoms with E-state index in [1.165, 1.54) is 32.1 Å². The third-order valence-corrected chi connectivity index (χ3v) is 4.22. The maximum Gasteiger partial charge on any atom is 0.217 e. The smallest absolute Gasteiger partial charge is 0.217 e. The van der Waals surface area contributed by atoms with E-state index < -0.39 is 0 Å². The average molecular weight is 238 g/mol. The quantitative estimate of drug-likeness (QED) is 0.736. The van der Waals surface area contributed by atoms with Crippen LogP contribution in [0.1, 0.15) is 65.7 Å². The van der Waals surface area contributed by atoms with E-state index in [0.29, 0.717) is 6.04 Å². The van der Waals surface area contributed by atoms with Crippen LogP contribution in [0.3, 0.4) is 0 Å². The van der Waals surface area contributed by atoms with Crippen molar-refractivity contribution in [3.05, 3.63) is 0 Å². The van der Waals surface area contributed by atoms with E-state index in [9.17, 15) is 4.79 Å². The lowest BCUT2D eigenvalue weighted by Gasteiger charge is -2.51. The first-order valence-corrected chi connectivity index (χ1v) is 6.97. The Balaban J connectivity index is 2.09. The molecule has 1 aliphatic heterocycles. The molecule has 1 aliphatic carbocycles. The summed E-state index contributed by atoms with van der Waals surface area (Å²) in [7, 11) is 0. The molecule has 2 N–H and O–H groups in total. The number of hydrogen-bond donors (Lipinski definition) is 2. The van der Waals surface area contributed by atoms with E-state index in [0.717, 1.165) is 12.8 Å². The van der Waals surface area contributed by atoms with Gasteiger partial charge in [0, 0.05) is 24.0 Å². The summed E-state index contributed by atoms with van der Waals surface area (Å²) in [5.74, 6) is 0.110. The van der Waals surface area contributed by atoms with Crippen molar-refractivity contribution in [3.63, 3.8) is 0 Å². The molecule has 0 aromatic heterocycles. The standard InChI is InChI=1S/C14H26N2O/c1-11(17)15-12-9-13(2,3)16-14(10-12)7-5-4-6-8-14/h12,16H,4-10H2,1-3H3,(H,15,17). The number of piperidine rings is 1. The van der Waals surface area contributed by atoms with Crippen LogP contribution in [0.5, 0.6) is 0 Å². The number of carbonyl (C=O) groups is 1. The van der Waals surface area contributed by atoms with E-state index >= 15 is 0 Å². The van der Waals surface area contributed by atoms with Gasteiger partial charge in [0.2, 0.25) is 5.91 Å². The minimum atomic E-state index is 0.110. The lowest BCUT2D eigenvalue weighted by atomic mass is 9.70. The molecular formula is C14H26N2O. The molecule has 1 spiro atoms. The van der Waals surface area contributed by atoms with Gasteiger partial charge < -0.3 is 10.6 Å². The number of hydrogen-bond acceptors (Lipinski definition) is 2. The minimum Gasteiger partial charge on any atom is -0.353 e. The van der Waals surface area contributed by atoms with Crippen molar-refractivity contribution in [1.82, 2.24) is 10.6 Å². The molecular weight excluding hydrogens is 212 g/mol. The molecule has 0 aromatic rings. The lowest BCUT2D eigenvalue weighted by molar-refractivity contribution is -0.120. The average Bonchev–Trinajstić information content (AvgIpc) is 2.13. The minimum absolute atomic E-state index is 0.110. The van der Waals surface area contributed by atoms with E-state index in [1.54, 1.807) is 6.92 Å². The first-order chi connectivity index (χ1) is 7.91. The van der Waals surface area contributed by atoms with Gasteiger partial charge in [0.05, 0.1) is 0 Å². The molecule has 1 saturated carbocycles. The molecule has 0 radical (unpaired) electrons. The Kier molecular flexibility index (Phi) is 3.48. The molecule has 1 heterocycles. The Labute approximate surface area is 105 Å². The highest BCUT2D eigenvalue weighted by Gasteiger charge is 2.43. The Bertz CT molecular complexity index is 293. The van der Waals surface area contributed by atoms with Crippen molar-refractivity contribution in [2.24, 2.45) is 0 Å². The zero-order valence-corrected chi connectivity index (χ0v) is 11.4. The van der Waals surface area contributed by atoms with Gasteiger partial charge in [-0.15, -0.1) is 0 Å². The monoisotopic (exact) mass is 238 g/mol. The molecule has 3 nitrogen and oxygen atoms in total. The van der Waals surface area contributed by atoms with E-state index in [2.05, 4.69) is 24.5 Å². The van der Waals surface area contributed by atoms with Gasteiger partial charge in [-0.25, -0.2) is 0 Å². The zero-order valence-electron chi connectivity index (χ0n) is 11.4. The largest absolute Gasteiger partial charge is 0.353 e. The van der Waals surface area contributed by atoms with Gasteiger partial charge in [0.1, 0.15) is 0 Å². The van der Waals surface area contributed by atoms with Crippen molar-refractivity contribution in [3.8, 4) is 0 Å². The fraction of sp³-hybridized carbons (Fsp3) is 0.929. The highest BCUT2D eigenvalue weighted by Crippen LogP contribution is 2.38. The molecule has 2 rings (SSSR count). The third-order valence-electron chi connectivity index (χ3n) is 4.22. The summed E-state index contributed by atoms with van der Waals surface area (Å²) >= 11 is 0. The van der Waals surface area contributed by atoms with Crippen LogP contribution in [0.2, 0.25) is 0 Å². The summed E-state index contributed by atoms with van der Waals surface area (Å²) in [5.41, 5.74) is 0.426. The summed E-state index contributed by atoms with van der Waals surface area (Å²) in [5, 5.41) is 6.99. The molecule has 2 fully saturated rings. The van der Waals surface area contributed by atoms with Gasteiger partial charge in [0.15, 0.2) is 0 Å². The van der Waals surface area contributed by atoms with E-state index in [-0.39, 0.29) is 17.0 Å². The molecule has 0 aromatic carbocycles. The Morgan fingerprint density at radius 3 is 2.41 bits per heavy atom. The van der Waals surface area contributed by atoms with Crippen LogP contribution >= 0.6 is 0 Å². The SMILES string of the molecule is CC(=O)NC1CC(C)(C)NC2(CCCCC2)C1. The number of amides is 1. The molecule has 1 saturated heterocycles. The Morgan fingerprint density at radius 2 is 1.82 bits per heavy atom. The second kappa shape index (κ2) is 4.60. The number of carbonyl (C=O) groups excluding carboxylic acids is 1. The van der Waals surface area contributed by atoms with Crippen LogP contribution in [0, 0.1) is 0 Å². The molecule has 1 unspecified atom stereocenters. The normalized spacial score (nSPS) is 31.1. The number of rotatable bonds is 1. The summed E-state index contributed by atoms with van der Waals surface area (Å²) in [6, 6.07) is 0.349. The molecule has 17 heavy (non-hydrogen) atoms. The summed E-state index contributed by atoms with van der Waals surface area (Å²) in [6.07, 6.45) is 8.71. The summed E-state index contributed by atoms with van der Waals surface area (Å²) in [4.78, 5) is 11.3. The van der Waals surface area contributed by atoms with Crippen molar-refractivity contribution >= 4 is 5.91 Å². The topological polar surface area (TPSA) is 41.1 Å². The maximum atomic E-state index is 11.3. The first-order valence-electron chi connectivity index (χ1n) is 6.97. The van der Waals surface area contributed by atoms with Gasteiger partial charge in [-0.1, -0.05) is 19.3 Å². The van der Waals surface area contributed by atoms with Gasteiger partial charge in [-0.05, 0) is 39.5 Å². The van der Waals surface area contributed by atoms with Crippen LogP contribution in [-0.4, -0.2) is 23.0 Å². The van der Waals surface area contributed by atoms with Crippen LogP contribution in [0.15, 0.2) is 0 Å². The molecule has 1 atom stereocenters. The van der Waals surface area contributed by atoms with Crippen molar-refractivity contribution in [2.45, 2.75) is 82.8 Å². The maximum absolute atomic E-state index is 11.3. The lowest BCUT2D eigenvalue weighted by Crippen LogP contribution is -2.65. The van der Waals surface area contributed by atoms with Crippen molar-refractivity contribution < 1.29 is 4.79 Å². The fourth-order valence-electron chi connectivity index (χ4n) is 3.93. The highest BCUT2D eigenvalue weighted by atomic mass is 16.1. The van der Waals surface area contributed by atoms with Crippen LogP contribution < -0.4 is 10.6 Å². The molecule has 2 aliphatic rings. The number of nitrogens with one attached hydrogen (secondary N) is 2. The second-order valence-electron chi connectivity index (χ2n) is 6.66.